The van der Waals surface area contributed by atoms with Gasteiger partial charge in [-0.25, -0.2) is 9.97 Å². The molecule has 0 saturated carbocycles. The van der Waals surface area contributed by atoms with Crippen LogP contribution in [0.2, 0.25) is 0 Å². The van der Waals surface area contributed by atoms with Gasteiger partial charge in [-0.1, -0.05) is 12.1 Å². The first kappa shape index (κ1) is 14.6. The first-order chi connectivity index (χ1) is 11.5. The molecule has 0 amide bonds. The lowest BCUT2D eigenvalue weighted by Crippen LogP contribution is -1.97. The Labute approximate surface area is 136 Å². The van der Waals surface area contributed by atoms with E-state index in [4.69, 9.17) is 4.55 Å². The van der Waals surface area contributed by atoms with Crippen LogP contribution in [0, 0.1) is 0 Å². The Balaban J connectivity index is 1.68. The molecule has 0 aliphatic rings. The van der Waals surface area contributed by atoms with Crippen molar-refractivity contribution in [1.29, 1.82) is 0 Å². The smallest absolute Gasteiger partial charge is 0.294 e. The van der Waals surface area contributed by atoms with E-state index >= 15 is 0 Å². The number of rotatable bonds is 3. The van der Waals surface area contributed by atoms with E-state index in [1.807, 2.05) is 24.3 Å². The number of aromatic amines is 2. The van der Waals surface area contributed by atoms with Gasteiger partial charge in [0.1, 0.15) is 11.6 Å². The summed E-state index contributed by atoms with van der Waals surface area (Å²) in [6.45, 7) is 0. The highest BCUT2D eigenvalue weighted by Gasteiger charge is 2.11. The molecule has 2 aromatic carbocycles. The Kier molecular flexibility index (Phi) is 3.22. The van der Waals surface area contributed by atoms with Crippen LogP contribution in [0.5, 0.6) is 0 Å². The molecular formula is C16H12N4O3S. The van der Waals surface area contributed by atoms with E-state index in [0.717, 1.165) is 11.0 Å². The van der Waals surface area contributed by atoms with Crippen LogP contribution < -0.4 is 0 Å². The second-order valence-electron chi connectivity index (χ2n) is 5.25. The molecule has 0 fully saturated rings. The number of nitrogens with zero attached hydrogens (tertiary/aromatic N) is 2. The molecule has 0 unspecified atom stereocenters. The third-order valence-corrected chi connectivity index (χ3v) is 4.43. The summed E-state index contributed by atoms with van der Waals surface area (Å²) in [6, 6.07) is 11.9. The number of imidazole rings is 2. The van der Waals surface area contributed by atoms with Crippen LogP contribution >= 0.6 is 0 Å². The van der Waals surface area contributed by atoms with Gasteiger partial charge in [-0.05, 0) is 42.5 Å². The van der Waals surface area contributed by atoms with Gasteiger partial charge in [0.2, 0.25) is 0 Å². The van der Waals surface area contributed by atoms with Crippen molar-refractivity contribution in [3.8, 4) is 0 Å². The van der Waals surface area contributed by atoms with Gasteiger partial charge in [0, 0.05) is 0 Å². The lowest BCUT2D eigenvalue weighted by atomic mass is 10.3. The highest BCUT2D eigenvalue weighted by Crippen LogP contribution is 2.18. The third kappa shape index (κ3) is 2.68. The highest BCUT2D eigenvalue weighted by atomic mass is 32.2. The second-order valence-corrected chi connectivity index (χ2v) is 6.67. The van der Waals surface area contributed by atoms with Crippen molar-refractivity contribution < 1.29 is 13.0 Å². The monoisotopic (exact) mass is 340 g/mol. The van der Waals surface area contributed by atoms with Crippen molar-refractivity contribution in [2.45, 2.75) is 4.90 Å². The topological polar surface area (TPSA) is 112 Å². The van der Waals surface area contributed by atoms with Gasteiger partial charge in [-0.2, -0.15) is 8.42 Å². The van der Waals surface area contributed by atoms with E-state index in [1.165, 1.54) is 18.2 Å². The zero-order chi connectivity index (χ0) is 16.7. The van der Waals surface area contributed by atoms with Crippen LogP contribution in [-0.2, 0) is 10.1 Å². The quantitative estimate of drug-likeness (QED) is 0.497. The fourth-order valence-corrected chi connectivity index (χ4v) is 2.96. The standard InChI is InChI=1S/C16H12N4O3S/c21-24(22,23)10-5-6-13-14(9-10)20-16(19-13)8-7-15-17-11-3-1-2-4-12(11)18-15/h1-9H,(H,17,18)(H,19,20)(H,21,22,23). The highest BCUT2D eigenvalue weighted by molar-refractivity contribution is 7.85. The second kappa shape index (κ2) is 5.29. The summed E-state index contributed by atoms with van der Waals surface area (Å²) in [4.78, 5) is 14.8. The molecule has 120 valence electrons. The Morgan fingerprint density at radius 3 is 2.17 bits per heavy atom. The summed E-state index contributed by atoms with van der Waals surface area (Å²) in [5, 5.41) is 0. The number of hydrogen-bond acceptors (Lipinski definition) is 4. The Bertz CT molecular complexity index is 1160. The van der Waals surface area contributed by atoms with Crippen molar-refractivity contribution in [1.82, 2.24) is 19.9 Å². The molecule has 0 atom stereocenters. The zero-order valence-corrected chi connectivity index (χ0v) is 13.1. The predicted molar refractivity (Wildman–Crippen MR) is 90.9 cm³/mol. The normalized spacial score (nSPS) is 12.5. The van der Waals surface area contributed by atoms with Gasteiger partial charge in [0.05, 0.1) is 27.0 Å². The molecule has 3 N–H and O–H groups in total. The maximum atomic E-state index is 11.2. The molecule has 2 heterocycles. The summed E-state index contributed by atoms with van der Waals surface area (Å²) in [5.41, 5.74) is 2.94. The van der Waals surface area contributed by atoms with E-state index < -0.39 is 10.1 Å². The van der Waals surface area contributed by atoms with Gasteiger partial charge in [0.25, 0.3) is 10.1 Å². The summed E-state index contributed by atoms with van der Waals surface area (Å²) in [6.07, 6.45) is 3.52. The first-order valence-corrected chi connectivity index (χ1v) is 8.53. The lowest BCUT2D eigenvalue weighted by Gasteiger charge is -1.95. The minimum atomic E-state index is -4.24. The molecule has 0 saturated heterocycles. The third-order valence-electron chi connectivity index (χ3n) is 3.58. The van der Waals surface area contributed by atoms with Gasteiger partial charge < -0.3 is 9.97 Å². The molecule has 0 aliphatic heterocycles. The molecule has 0 bridgehead atoms. The van der Waals surface area contributed by atoms with Crippen molar-refractivity contribution in [2.24, 2.45) is 0 Å². The predicted octanol–water partition coefficient (Wildman–Crippen LogP) is 2.86. The zero-order valence-electron chi connectivity index (χ0n) is 12.3. The summed E-state index contributed by atoms with van der Waals surface area (Å²) in [5.74, 6) is 1.24. The van der Waals surface area contributed by atoms with Gasteiger partial charge in [-0.15, -0.1) is 0 Å². The average Bonchev–Trinajstić information content (AvgIpc) is 3.14. The van der Waals surface area contributed by atoms with Gasteiger partial charge in [-0.3, -0.25) is 4.55 Å². The van der Waals surface area contributed by atoms with Crippen LogP contribution in [-0.4, -0.2) is 32.9 Å². The van der Waals surface area contributed by atoms with Crippen LogP contribution in [0.4, 0.5) is 0 Å². The largest absolute Gasteiger partial charge is 0.338 e. The van der Waals surface area contributed by atoms with Crippen molar-refractivity contribution in [3.05, 3.63) is 54.1 Å². The van der Waals surface area contributed by atoms with Crippen LogP contribution in [0.15, 0.2) is 47.4 Å². The molecule has 0 aliphatic carbocycles. The van der Waals surface area contributed by atoms with Crippen LogP contribution in [0.3, 0.4) is 0 Å². The molecule has 7 nitrogen and oxygen atoms in total. The van der Waals surface area contributed by atoms with E-state index in [1.54, 1.807) is 12.2 Å². The Morgan fingerprint density at radius 2 is 1.50 bits per heavy atom. The number of nitrogens with one attached hydrogen (secondary N) is 2. The fraction of sp³-hybridized carbons (Fsp3) is 0. The molecule has 4 rings (SSSR count). The van der Waals surface area contributed by atoms with E-state index in [0.29, 0.717) is 22.7 Å². The molecule has 0 radical (unpaired) electrons. The molecule has 2 aromatic heterocycles. The minimum absolute atomic E-state index is 0.175. The minimum Gasteiger partial charge on any atom is -0.338 e. The molecule has 4 aromatic rings. The maximum absolute atomic E-state index is 11.2. The average molecular weight is 340 g/mol. The molecule has 24 heavy (non-hydrogen) atoms. The number of benzene rings is 2. The van der Waals surface area contributed by atoms with Crippen molar-refractivity contribution >= 4 is 44.3 Å². The van der Waals surface area contributed by atoms with Gasteiger partial charge >= 0.3 is 0 Å². The van der Waals surface area contributed by atoms with Crippen molar-refractivity contribution in [2.75, 3.05) is 0 Å². The number of aromatic nitrogens is 4. The maximum Gasteiger partial charge on any atom is 0.294 e. The van der Waals surface area contributed by atoms with Gasteiger partial charge in [0.15, 0.2) is 0 Å². The van der Waals surface area contributed by atoms with Crippen LogP contribution in [0.1, 0.15) is 11.6 Å². The number of fused-ring (bicyclic) bond motifs is 2. The molecular weight excluding hydrogens is 328 g/mol. The van der Waals surface area contributed by atoms with Crippen LogP contribution in [0.25, 0.3) is 34.2 Å². The van der Waals surface area contributed by atoms with E-state index in [-0.39, 0.29) is 4.90 Å². The Morgan fingerprint density at radius 1 is 0.875 bits per heavy atom. The summed E-state index contributed by atoms with van der Waals surface area (Å²) < 4.78 is 31.4. The fourth-order valence-electron chi connectivity index (χ4n) is 2.46. The first-order valence-electron chi connectivity index (χ1n) is 7.09. The molecule has 0 spiro atoms. The number of para-hydroxylation sites is 2. The lowest BCUT2D eigenvalue weighted by molar-refractivity contribution is 0.483. The molecule has 8 heteroatoms. The summed E-state index contributed by atoms with van der Waals surface area (Å²) in [7, 11) is -4.24. The number of hydrogen-bond donors (Lipinski definition) is 3. The summed E-state index contributed by atoms with van der Waals surface area (Å²) >= 11 is 0. The van der Waals surface area contributed by atoms with E-state index in [2.05, 4.69) is 19.9 Å². The van der Waals surface area contributed by atoms with E-state index in [9.17, 15) is 8.42 Å². The Hall–Kier alpha value is -2.97. The number of H-pyrrole nitrogens is 2. The van der Waals surface area contributed by atoms with Crippen molar-refractivity contribution in [3.63, 3.8) is 0 Å². The SMILES string of the molecule is O=S(=O)(O)c1ccc2nc(C=Cc3nc4ccccc4[nH]3)[nH]c2c1.